The van der Waals surface area contributed by atoms with Crippen LogP contribution in [0.2, 0.25) is 0 Å². The number of carbonyl (C=O) groups excluding carboxylic acids is 1. The molecule has 0 unspecified atom stereocenters. The molecule has 5 heteroatoms. The Morgan fingerprint density at radius 2 is 1.84 bits per heavy atom. The van der Waals surface area contributed by atoms with Crippen LogP contribution in [0.4, 0.5) is 0 Å². The molecule has 2 heterocycles. The van der Waals surface area contributed by atoms with Gasteiger partial charge in [0.15, 0.2) is 0 Å². The number of nitrogens with one attached hydrogen (secondary N) is 1. The van der Waals surface area contributed by atoms with Crippen molar-refractivity contribution in [3.8, 4) is 0 Å². The number of hydrogen-bond donors (Lipinski definition) is 1. The van der Waals surface area contributed by atoms with E-state index >= 15 is 0 Å². The van der Waals surface area contributed by atoms with Crippen LogP contribution in [0.25, 0.3) is 0 Å². The van der Waals surface area contributed by atoms with Gasteiger partial charge < -0.3 is 5.32 Å². The second-order valence-electron chi connectivity index (χ2n) is 10.3. The van der Waals surface area contributed by atoms with Crippen molar-refractivity contribution < 1.29 is 4.79 Å². The van der Waals surface area contributed by atoms with E-state index in [0.717, 1.165) is 45.4 Å². The molecular formula is C26H36N4O. The van der Waals surface area contributed by atoms with Gasteiger partial charge in [-0.1, -0.05) is 43.2 Å². The summed E-state index contributed by atoms with van der Waals surface area (Å²) >= 11 is 0. The van der Waals surface area contributed by atoms with Gasteiger partial charge in [-0.3, -0.25) is 14.4 Å². The third kappa shape index (κ3) is 3.93. The molecule has 0 radical (unpaired) electrons. The predicted molar refractivity (Wildman–Crippen MR) is 123 cm³/mol. The van der Waals surface area contributed by atoms with Gasteiger partial charge in [0.1, 0.15) is 0 Å². The van der Waals surface area contributed by atoms with E-state index in [4.69, 9.17) is 0 Å². The molecule has 166 valence electrons. The van der Waals surface area contributed by atoms with Crippen molar-refractivity contribution in [2.24, 2.45) is 18.4 Å². The van der Waals surface area contributed by atoms with Crippen molar-refractivity contribution in [1.29, 1.82) is 0 Å². The summed E-state index contributed by atoms with van der Waals surface area (Å²) in [6.45, 7) is 6.10. The summed E-state index contributed by atoms with van der Waals surface area (Å²) < 4.78 is 1.95. The Labute approximate surface area is 186 Å². The zero-order chi connectivity index (χ0) is 21.5. The van der Waals surface area contributed by atoms with Gasteiger partial charge in [-0.25, -0.2) is 0 Å². The Morgan fingerprint density at radius 1 is 1.13 bits per heavy atom. The van der Waals surface area contributed by atoms with Gasteiger partial charge in [-0.2, -0.15) is 5.10 Å². The minimum atomic E-state index is 0.143. The minimum Gasteiger partial charge on any atom is -0.355 e. The van der Waals surface area contributed by atoms with Crippen LogP contribution >= 0.6 is 0 Å². The molecule has 1 aromatic carbocycles. The fourth-order valence-corrected chi connectivity index (χ4v) is 6.16. The van der Waals surface area contributed by atoms with Crippen molar-refractivity contribution in [2.45, 2.75) is 63.8 Å². The van der Waals surface area contributed by atoms with Gasteiger partial charge in [0.2, 0.25) is 5.91 Å². The summed E-state index contributed by atoms with van der Waals surface area (Å²) in [5.41, 5.74) is 4.39. The van der Waals surface area contributed by atoms with Crippen LogP contribution in [0.5, 0.6) is 0 Å². The summed E-state index contributed by atoms with van der Waals surface area (Å²) in [6, 6.07) is 10.8. The SMILES string of the molecule is Cc1c(CN2CCC3(CC2)C[C@@H]3C(=O)NCC2(c3ccccc3)CCCC2)cnn1C. The molecule has 3 fully saturated rings. The molecule has 1 aromatic heterocycles. The second kappa shape index (κ2) is 8.09. The van der Waals surface area contributed by atoms with E-state index in [0.29, 0.717) is 5.91 Å². The normalized spacial score (nSPS) is 24.4. The molecule has 2 aliphatic carbocycles. The molecule has 5 nitrogen and oxygen atoms in total. The first-order valence-corrected chi connectivity index (χ1v) is 12.0. The highest BCUT2D eigenvalue weighted by atomic mass is 16.2. The maximum atomic E-state index is 13.1. The van der Waals surface area contributed by atoms with E-state index in [-0.39, 0.29) is 16.7 Å². The van der Waals surface area contributed by atoms with Gasteiger partial charge in [0.05, 0.1) is 6.20 Å². The number of amides is 1. The average molecular weight is 421 g/mol. The fourth-order valence-electron chi connectivity index (χ4n) is 6.16. The Kier molecular flexibility index (Phi) is 5.41. The lowest BCUT2D eigenvalue weighted by molar-refractivity contribution is -0.123. The first-order valence-electron chi connectivity index (χ1n) is 12.0. The number of nitrogens with zero attached hydrogens (tertiary/aromatic N) is 3. The molecule has 1 N–H and O–H groups in total. The summed E-state index contributed by atoms with van der Waals surface area (Å²) in [6.07, 6.45) is 10.3. The van der Waals surface area contributed by atoms with Crippen LogP contribution in [0.3, 0.4) is 0 Å². The highest BCUT2D eigenvalue weighted by Crippen LogP contribution is 2.59. The summed E-state index contributed by atoms with van der Waals surface area (Å²) in [4.78, 5) is 15.6. The number of aromatic nitrogens is 2. The van der Waals surface area contributed by atoms with Crippen molar-refractivity contribution in [2.75, 3.05) is 19.6 Å². The molecule has 2 aromatic rings. The highest BCUT2D eigenvalue weighted by molar-refractivity contribution is 5.82. The maximum Gasteiger partial charge on any atom is 0.223 e. The molecule has 1 spiro atoms. The lowest BCUT2D eigenvalue weighted by atomic mass is 9.78. The Hall–Kier alpha value is -2.14. The Bertz CT molecular complexity index is 920. The standard InChI is InChI=1S/C26H36N4O/c1-20-21(17-28-29(20)2)18-30-14-12-25(13-15-30)16-23(25)24(31)27-19-26(10-6-7-11-26)22-8-4-3-5-9-22/h3-5,8-9,17,23H,6-7,10-16,18-19H2,1-2H3,(H,27,31)/t23-/m1/s1. The molecule has 5 rings (SSSR count). The van der Waals surface area contributed by atoms with Crippen molar-refractivity contribution in [3.63, 3.8) is 0 Å². The fraction of sp³-hybridized carbons (Fsp3) is 0.615. The zero-order valence-corrected chi connectivity index (χ0v) is 19.1. The lowest BCUT2D eigenvalue weighted by Gasteiger charge is -2.33. The van der Waals surface area contributed by atoms with E-state index in [1.807, 2.05) is 17.9 Å². The number of likely N-dealkylation sites (tertiary alicyclic amines) is 1. The van der Waals surface area contributed by atoms with Gasteiger partial charge in [0.25, 0.3) is 0 Å². The summed E-state index contributed by atoms with van der Waals surface area (Å²) in [7, 11) is 2.00. The molecule has 31 heavy (non-hydrogen) atoms. The minimum absolute atomic E-state index is 0.143. The molecule has 0 bridgehead atoms. The van der Waals surface area contributed by atoms with Crippen molar-refractivity contribution >= 4 is 5.91 Å². The first-order chi connectivity index (χ1) is 15.0. The van der Waals surface area contributed by atoms with Gasteiger partial charge in [-0.15, -0.1) is 0 Å². The molecule has 2 saturated carbocycles. The number of aryl methyl sites for hydroxylation is 1. The molecule has 1 atom stereocenters. The third-order valence-corrected chi connectivity index (χ3v) is 8.64. The Balaban J connectivity index is 1.14. The first kappa shape index (κ1) is 20.7. The van der Waals surface area contributed by atoms with Crippen molar-refractivity contribution in [3.05, 3.63) is 53.3 Å². The number of carbonyl (C=O) groups is 1. The van der Waals surface area contributed by atoms with Gasteiger partial charge in [-0.05, 0) is 63.1 Å². The quantitative estimate of drug-likeness (QED) is 0.770. The molecule has 1 aliphatic heterocycles. The van der Waals surface area contributed by atoms with Gasteiger partial charge in [0, 0.05) is 42.7 Å². The van der Waals surface area contributed by atoms with Crippen LogP contribution in [0.1, 0.15) is 61.8 Å². The number of hydrogen-bond acceptors (Lipinski definition) is 3. The highest BCUT2D eigenvalue weighted by Gasteiger charge is 2.58. The number of piperidine rings is 1. The largest absolute Gasteiger partial charge is 0.355 e. The smallest absolute Gasteiger partial charge is 0.223 e. The summed E-state index contributed by atoms with van der Waals surface area (Å²) in [5, 5.41) is 7.77. The van der Waals surface area contributed by atoms with Crippen molar-refractivity contribution in [1.82, 2.24) is 20.0 Å². The molecular weight excluding hydrogens is 384 g/mol. The van der Waals surface area contributed by atoms with E-state index < -0.39 is 0 Å². The van der Waals surface area contributed by atoms with Crippen LogP contribution in [-0.4, -0.2) is 40.2 Å². The van der Waals surface area contributed by atoms with E-state index in [1.165, 1.54) is 42.5 Å². The lowest BCUT2D eigenvalue weighted by Crippen LogP contribution is -2.41. The molecule has 3 aliphatic rings. The molecule has 1 amide bonds. The van der Waals surface area contributed by atoms with Crippen LogP contribution in [-0.2, 0) is 23.8 Å². The van der Waals surface area contributed by atoms with Crippen LogP contribution < -0.4 is 5.32 Å². The third-order valence-electron chi connectivity index (χ3n) is 8.64. The van der Waals surface area contributed by atoms with Crippen LogP contribution in [0, 0.1) is 18.3 Å². The average Bonchev–Trinajstić information content (AvgIpc) is 3.12. The van der Waals surface area contributed by atoms with Gasteiger partial charge >= 0.3 is 0 Å². The maximum absolute atomic E-state index is 13.1. The topological polar surface area (TPSA) is 50.2 Å². The zero-order valence-electron chi connectivity index (χ0n) is 19.1. The predicted octanol–water partition coefficient (Wildman–Crippen LogP) is 3.96. The van der Waals surface area contributed by atoms with E-state index in [9.17, 15) is 4.79 Å². The number of rotatable bonds is 6. The number of benzene rings is 1. The van der Waals surface area contributed by atoms with Crippen LogP contribution in [0.15, 0.2) is 36.5 Å². The monoisotopic (exact) mass is 420 g/mol. The summed E-state index contributed by atoms with van der Waals surface area (Å²) in [5.74, 6) is 0.530. The molecule has 1 saturated heterocycles. The Morgan fingerprint density at radius 3 is 2.48 bits per heavy atom. The van der Waals surface area contributed by atoms with E-state index in [1.54, 1.807) is 0 Å². The van der Waals surface area contributed by atoms with E-state index in [2.05, 4.69) is 52.6 Å². The second-order valence-corrected chi connectivity index (χ2v) is 10.3.